The van der Waals surface area contributed by atoms with Crippen LogP contribution in [0.15, 0.2) is 65.7 Å². The molecule has 3 aromatic rings. The second-order valence-electron chi connectivity index (χ2n) is 6.51. The van der Waals surface area contributed by atoms with Gasteiger partial charge in [0.2, 0.25) is 5.91 Å². The molecule has 0 aliphatic heterocycles. The van der Waals surface area contributed by atoms with Gasteiger partial charge in [0, 0.05) is 19.4 Å². The minimum Gasteiger partial charge on any atom is -0.480 e. The van der Waals surface area contributed by atoms with Crippen LogP contribution in [0.5, 0.6) is 0 Å². The number of carbonyl (C=O) groups excluding carboxylic acids is 1. The van der Waals surface area contributed by atoms with Crippen LogP contribution in [0, 0.1) is 0 Å². The van der Waals surface area contributed by atoms with Crippen molar-refractivity contribution in [2.45, 2.75) is 31.8 Å². The first-order chi connectivity index (χ1) is 13.5. The topological polar surface area (TPSA) is 101 Å². The molecule has 0 fully saturated rings. The highest BCUT2D eigenvalue weighted by Gasteiger charge is 2.20. The molecule has 1 amide bonds. The fraction of sp³-hybridized carbons (Fsp3) is 0.238. The molecule has 0 saturated carbocycles. The smallest absolute Gasteiger partial charge is 0.326 e. The van der Waals surface area contributed by atoms with Gasteiger partial charge >= 0.3 is 5.97 Å². The standard InChI is InChI=1S/C21H21N3O4/c25-19(23-18(21(27)28)13-15-7-2-1-3-8-15)11-6-12-24-14-22-17-10-5-4-9-16(17)20(24)26/h1-5,7-10,14,18H,6,11-13H2,(H,23,25)(H,27,28). The molecule has 1 atom stereocenters. The Morgan fingerprint density at radius 3 is 2.54 bits per heavy atom. The zero-order valence-corrected chi connectivity index (χ0v) is 15.2. The first-order valence-corrected chi connectivity index (χ1v) is 9.05. The minimum atomic E-state index is -1.08. The molecule has 0 bridgehead atoms. The average molecular weight is 379 g/mol. The number of para-hydroxylation sites is 1. The van der Waals surface area contributed by atoms with E-state index < -0.39 is 12.0 Å². The summed E-state index contributed by atoms with van der Waals surface area (Å²) in [4.78, 5) is 40.3. The van der Waals surface area contributed by atoms with Crippen LogP contribution in [0.25, 0.3) is 10.9 Å². The number of aromatic nitrogens is 2. The van der Waals surface area contributed by atoms with Crippen LogP contribution in [-0.4, -0.2) is 32.6 Å². The van der Waals surface area contributed by atoms with Gasteiger partial charge in [-0.05, 0) is 24.1 Å². The van der Waals surface area contributed by atoms with E-state index in [-0.39, 0.29) is 24.3 Å². The highest BCUT2D eigenvalue weighted by molar-refractivity contribution is 5.83. The van der Waals surface area contributed by atoms with Crippen molar-refractivity contribution in [3.8, 4) is 0 Å². The van der Waals surface area contributed by atoms with E-state index in [2.05, 4.69) is 10.3 Å². The number of carboxylic acids is 1. The third-order valence-electron chi connectivity index (χ3n) is 4.45. The van der Waals surface area contributed by atoms with Gasteiger partial charge in [-0.15, -0.1) is 0 Å². The summed E-state index contributed by atoms with van der Waals surface area (Å²) in [6.07, 6.45) is 2.22. The van der Waals surface area contributed by atoms with E-state index in [1.54, 1.807) is 18.2 Å². The molecule has 0 saturated heterocycles. The number of fused-ring (bicyclic) bond motifs is 1. The van der Waals surface area contributed by atoms with Gasteiger partial charge in [0.05, 0.1) is 17.2 Å². The fourth-order valence-electron chi connectivity index (χ4n) is 2.99. The molecular weight excluding hydrogens is 358 g/mol. The van der Waals surface area contributed by atoms with Gasteiger partial charge in [-0.3, -0.25) is 14.2 Å². The lowest BCUT2D eigenvalue weighted by molar-refractivity contribution is -0.141. The number of rotatable bonds is 8. The van der Waals surface area contributed by atoms with E-state index in [1.807, 2.05) is 36.4 Å². The number of nitrogens with zero attached hydrogens (tertiary/aromatic N) is 2. The third-order valence-corrected chi connectivity index (χ3v) is 4.45. The Labute approximate surface area is 161 Å². The molecule has 0 aliphatic rings. The fourth-order valence-corrected chi connectivity index (χ4v) is 2.99. The largest absolute Gasteiger partial charge is 0.480 e. The lowest BCUT2D eigenvalue weighted by Crippen LogP contribution is -2.42. The Kier molecular flexibility index (Phi) is 6.16. The number of carbonyl (C=O) groups is 2. The summed E-state index contributed by atoms with van der Waals surface area (Å²) in [5, 5.41) is 12.4. The Bertz CT molecular complexity index is 1030. The van der Waals surface area contributed by atoms with Gasteiger partial charge < -0.3 is 10.4 Å². The number of aliphatic carboxylic acids is 1. The molecule has 144 valence electrons. The summed E-state index contributed by atoms with van der Waals surface area (Å²) < 4.78 is 1.47. The van der Waals surface area contributed by atoms with Gasteiger partial charge in [0.1, 0.15) is 6.04 Å². The Morgan fingerprint density at radius 2 is 1.79 bits per heavy atom. The Balaban J connectivity index is 1.55. The van der Waals surface area contributed by atoms with Crippen LogP contribution in [0.1, 0.15) is 18.4 Å². The van der Waals surface area contributed by atoms with Crippen molar-refractivity contribution in [1.82, 2.24) is 14.9 Å². The number of hydrogen-bond donors (Lipinski definition) is 2. The van der Waals surface area contributed by atoms with E-state index >= 15 is 0 Å². The highest BCUT2D eigenvalue weighted by atomic mass is 16.4. The number of benzene rings is 2. The van der Waals surface area contributed by atoms with Crippen LogP contribution in [0.2, 0.25) is 0 Å². The summed E-state index contributed by atoms with van der Waals surface area (Å²) in [7, 11) is 0. The lowest BCUT2D eigenvalue weighted by atomic mass is 10.1. The molecule has 2 N–H and O–H groups in total. The number of hydrogen-bond acceptors (Lipinski definition) is 4. The molecular formula is C21H21N3O4. The Hall–Kier alpha value is -3.48. The van der Waals surface area contributed by atoms with Crippen molar-refractivity contribution in [2.24, 2.45) is 0 Å². The molecule has 1 aromatic heterocycles. The van der Waals surface area contributed by atoms with Crippen molar-refractivity contribution < 1.29 is 14.7 Å². The maximum Gasteiger partial charge on any atom is 0.326 e. The van der Waals surface area contributed by atoms with Crippen molar-refractivity contribution in [3.63, 3.8) is 0 Å². The van der Waals surface area contributed by atoms with E-state index in [9.17, 15) is 19.5 Å². The van der Waals surface area contributed by atoms with Gasteiger partial charge in [-0.2, -0.15) is 0 Å². The first kappa shape index (κ1) is 19.3. The summed E-state index contributed by atoms with van der Waals surface area (Å²) in [5.41, 5.74) is 1.31. The van der Waals surface area contributed by atoms with Crippen LogP contribution in [-0.2, 0) is 22.6 Å². The molecule has 3 rings (SSSR count). The predicted molar refractivity (Wildman–Crippen MR) is 105 cm³/mol. The molecule has 1 heterocycles. The van der Waals surface area contributed by atoms with Crippen LogP contribution < -0.4 is 10.9 Å². The van der Waals surface area contributed by atoms with Gasteiger partial charge in [-0.1, -0.05) is 42.5 Å². The van der Waals surface area contributed by atoms with E-state index in [0.717, 1.165) is 5.56 Å². The van der Waals surface area contributed by atoms with Crippen molar-refractivity contribution in [3.05, 3.63) is 76.8 Å². The molecule has 0 spiro atoms. The number of nitrogens with one attached hydrogen (secondary N) is 1. The molecule has 0 radical (unpaired) electrons. The summed E-state index contributed by atoms with van der Waals surface area (Å²) in [6.45, 7) is 0.334. The normalized spacial score (nSPS) is 11.9. The van der Waals surface area contributed by atoms with E-state index in [4.69, 9.17) is 0 Å². The van der Waals surface area contributed by atoms with Crippen LogP contribution in [0.3, 0.4) is 0 Å². The molecule has 7 heteroatoms. The molecule has 1 unspecified atom stereocenters. The Morgan fingerprint density at radius 1 is 1.07 bits per heavy atom. The van der Waals surface area contributed by atoms with E-state index in [1.165, 1.54) is 10.9 Å². The average Bonchev–Trinajstić information content (AvgIpc) is 2.70. The van der Waals surface area contributed by atoms with Gasteiger partial charge in [0.25, 0.3) is 5.56 Å². The van der Waals surface area contributed by atoms with Gasteiger partial charge in [0.15, 0.2) is 0 Å². The number of aryl methyl sites for hydroxylation is 1. The molecule has 7 nitrogen and oxygen atoms in total. The van der Waals surface area contributed by atoms with Crippen molar-refractivity contribution in [2.75, 3.05) is 0 Å². The third kappa shape index (κ3) is 4.82. The molecule has 28 heavy (non-hydrogen) atoms. The monoisotopic (exact) mass is 379 g/mol. The van der Waals surface area contributed by atoms with E-state index in [0.29, 0.717) is 23.9 Å². The maximum absolute atomic E-state index is 12.4. The van der Waals surface area contributed by atoms with Crippen LogP contribution >= 0.6 is 0 Å². The van der Waals surface area contributed by atoms with Crippen molar-refractivity contribution in [1.29, 1.82) is 0 Å². The molecule has 0 aliphatic carbocycles. The first-order valence-electron chi connectivity index (χ1n) is 9.05. The summed E-state index contributed by atoms with van der Waals surface area (Å²) in [6, 6.07) is 15.2. The van der Waals surface area contributed by atoms with Crippen molar-refractivity contribution >= 4 is 22.8 Å². The zero-order chi connectivity index (χ0) is 19.9. The second-order valence-corrected chi connectivity index (χ2v) is 6.51. The summed E-state index contributed by atoms with van der Waals surface area (Å²) in [5.74, 6) is -1.43. The van der Waals surface area contributed by atoms with Gasteiger partial charge in [-0.25, -0.2) is 9.78 Å². The summed E-state index contributed by atoms with van der Waals surface area (Å²) >= 11 is 0. The highest BCUT2D eigenvalue weighted by Crippen LogP contribution is 2.06. The quantitative estimate of drug-likeness (QED) is 0.623. The maximum atomic E-state index is 12.4. The zero-order valence-electron chi connectivity index (χ0n) is 15.2. The minimum absolute atomic E-state index is 0.123. The number of amides is 1. The van der Waals surface area contributed by atoms with Crippen LogP contribution in [0.4, 0.5) is 0 Å². The SMILES string of the molecule is O=C(CCCn1cnc2ccccc2c1=O)NC(Cc1ccccc1)C(=O)O. The predicted octanol–water partition coefficient (Wildman–Crippen LogP) is 1.99. The lowest BCUT2D eigenvalue weighted by Gasteiger charge is -2.15. The second kappa shape index (κ2) is 8.94. The molecule has 2 aromatic carbocycles. The number of carboxylic acid groups (broad SMARTS) is 1.